The molecule has 168 valence electrons. The van der Waals surface area contributed by atoms with Crippen molar-refractivity contribution in [3.05, 3.63) is 75.7 Å². The zero-order valence-corrected chi connectivity index (χ0v) is 20.1. The molecule has 1 saturated heterocycles. The van der Waals surface area contributed by atoms with Crippen molar-refractivity contribution in [3.63, 3.8) is 0 Å². The van der Waals surface area contributed by atoms with E-state index in [-0.39, 0.29) is 12.0 Å². The van der Waals surface area contributed by atoms with Gasteiger partial charge in [0, 0.05) is 46.9 Å². The van der Waals surface area contributed by atoms with E-state index >= 15 is 0 Å². The van der Waals surface area contributed by atoms with Gasteiger partial charge in [-0.05, 0) is 50.1 Å². The second kappa shape index (κ2) is 11.0. The van der Waals surface area contributed by atoms with Crippen LogP contribution in [0.5, 0.6) is 5.75 Å². The summed E-state index contributed by atoms with van der Waals surface area (Å²) in [5, 5.41) is 3.18. The van der Waals surface area contributed by atoms with Gasteiger partial charge in [0.15, 0.2) is 0 Å². The molecule has 1 unspecified atom stereocenters. The summed E-state index contributed by atoms with van der Waals surface area (Å²) in [6.45, 7) is 3.86. The van der Waals surface area contributed by atoms with Crippen molar-refractivity contribution in [1.29, 1.82) is 0 Å². The van der Waals surface area contributed by atoms with Gasteiger partial charge < -0.3 is 14.4 Å². The third-order valence-electron chi connectivity index (χ3n) is 5.44. The zero-order valence-electron chi connectivity index (χ0n) is 18.5. The quantitative estimate of drug-likeness (QED) is 0.384. The van der Waals surface area contributed by atoms with Gasteiger partial charge in [0.25, 0.3) is 5.91 Å². The summed E-state index contributed by atoms with van der Waals surface area (Å²) in [7, 11) is 1.66. The molecule has 1 aliphatic heterocycles. The number of thioether (sulfide) groups is 1. The standard InChI is InChI=1S/C25H28N2O3S2/c1-18-26-21(16-31-18)17-32-23-11-9-19(10-12-23)25(28)27(15-22-7-5-13-30-22)14-20-6-3-4-8-24(20)29-2/h3-4,6,8-12,16,22H,5,7,13-15,17H2,1-2H3. The Morgan fingerprint density at radius 3 is 2.75 bits per heavy atom. The highest BCUT2D eigenvalue weighted by Crippen LogP contribution is 2.26. The number of nitrogens with zero attached hydrogens (tertiary/aromatic N) is 2. The Morgan fingerprint density at radius 2 is 2.06 bits per heavy atom. The fourth-order valence-electron chi connectivity index (χ4n) is 3.80. The summed E-state index contributed by atoms with van der Waals surface area (Å²) >= 11 is 3.40. The van der Waals surface area contributed by atoms with Gasteiger partial charge in [-0.3, -0.25) is 4.79 Å². The lowest BCUT2D eigenvalue weighted by Crippen LogP contribution is -2.37. The lowest BCUT2D eigenvalue weighted by Gasteiger charge is -2.26. The fraction of sp³-hybridized carbons (Fsp3) is 0.360. The highest BCUT2D eigenvalue weighted by atomic mass is 32.2. The number of aromatic nitrogens is 1. The van der Waals surface area contributed by atoms with E-state index in [9.17, 15) is 4.79 Å². The van der Waals surface area contributed by atoms with Crippen LogP contribution in [0, 0.1) is 6.92 Å². The number of benzene rings is 2. The van der Waals surface area contributed by atoms with Crippen LogP contribution in [0.25, 0.3) is 0 Å². The van der Waals surface area contributed by atoms with E-state index in [1.165, 1.54) is 0 Å². The number of thiazole rings is 1. The molecule has 2 heterocycles. The van der Waals surface area contributed by atoms with E-state index < -0.39 is 0 Å². The van der Waals surface area contributed by atoms with Crippen molar-refractivity contribution in [2.45, 2.75) is 43.1 Å². The van der Waals surface area contributed by atoms with Gasteiger partial charge >= 0.3 is 0 Å². The molecule has 1 aromatic heterocycles. The van der Waals surface area contributed by atoms with E-state index in [1.54, 1.807) is 30.2 Å². The Kier molecular flexibility index (Phi) is 7.84. The number of methoxy groups -OCH3 is 1. The van der Waals surface area contributed by atoms with Gasteiger partial charge in [0.1, 0.15) is 5.75 Å². The molecule has 0 bridgehead atoms. The Morgan fingerprint density at radius 1 is 1.25 bits per heavy atom. The number of amides is 1. The number of ether oxygens (including phenoxy) is 2. The first-order chi connectivity index (χ1) is 15.6. The predicted octanol–water partition coefficient (Wildman–Crippen LogP) is 5.57. The molecule has 1 atom stereocenters. The zero-order chi connectivity index (χ0) is 22.3. The maximum atomic E-state index is 13.4. The predicted molar refractivity (Wildman–Crippen MR) is 130 cm³/mol. The SMILES string of the molecule is COc1ccccc1CN(CC1CCCO1)C(=O)c1ccc(SCc2csc(C)n2)cc1. The second-order valence-corrected chi connectivity index (χ2v) is 9.91. The van der Waals surface area contributed by atoms with E-state index in [4.69, 9.17) is 9.47 Å². The number of rotatable bonds is 9. The summed E-state index contributed by atoms with van der Waals surface area (Å²) in [6.07, 6.45) is 2.12. The van der Waals surface area contributed by atoms with E-state index in [2.05, 4.69) is 10.4 Å². The van der Waals surface area contributed by atoms with Crippen molar-refractivity contribution in [2.24, 2.45) is 0 Å². The summed E-state index contributed by atoms with van der Waals surface area (Å²) in [5.74, 6) is 1.64. The van der Waals surface area contributed by atoms with Gasteiger partial charge in [-0.25, -0.2) is 4.98 Å². The molecular weight excluding hydrogens is 440 g/mol. The first-order valence-corrected chi connectivity index (χ1v) is 12.7. The largest absolute Gasteiger partial charge is 0.496 e. The molecule has 32 heavy (non-hydrogen) atoms. The molecule has 5 nitrogen and oxygen atoms in total. The molecular formula is C25H28N2O3S2. The van der Waals surface area contributed by atoms with E-state index in [0.717, 1.165) is 52.1 Å². The van der Waals surface area contributed by atoms with Crippen LogP contribution in [-0.2, 0) is 17.0 Å². The topological polar surface area (TPSA) is 51.7 Å². The van der Waals surface area contributed by atoms with Crippen LogP contribution in [0.2, 0.25) is 0 Å². The van der Waals surface area contributed by atoms with Crippen molar-refractivity contribution >= 4 is 29.0 Å². The second-order valence-electron chi connectivity index (χ2n) is 7.80. The van der Waals surface area contributed by atoms with Crippen molar-refractivity contribution < 1.29 is 14.3 Å². The molecule has 0 spiro atoms. The Hall–Kier alpha value is -2.35. The lowest BCUT2D eigenvalue weighted by molar-refractivity contribution is 0.0505. The molecule has 2 aromatic carbocycles. The minimum Gasteiger partial charge on any atom is -0.496 e. The molecule has 0 N–H and O–H groups in total. The maximum absolute atomic E-state index is 13.4. The molecule has 3 aromatic rings. The average molecular weight is 469 g/mol. The molecule has 0 radical (unpaired) electrons. The Labute approximate surface area is 197 Å². The molecule has 1 amide bonds. The summed E-state index contributed by atoms with van der Waals surface area (Å²) < 4.78 is 11.3. The third-order valence-corrected chi connectivity index (χ3v) is 7.31. The number of aryl methyl sites for hydroxylation is 1. The minimum atomic E-state index is 0.0121. The van der Waals surface area contributed by atoms with Crippen LogP contribution >= 0.6 is 23.1 Å². The number of para-hydroxylation sites is 1. The fourth-order valence-corrected chi connectivity index (χ4v) is 5.31. The lowest BCUT2D eigenvalue weighted by atomic mass is 10.1. The van der Waals surface area contributed by atoms with Crippen molar-refractivity contribution in [1.82, 2.24) is 9.88 Å². The molecule has 1 fully saturated rings. The van der Waals surface area contributed by atoms with Crippen LogP contribution in [0.15, 0.2) is 58.8 Å². The molecule has 4 rings (SSSR count). The highest BCUT2D eigenvalue weighted by Gasteiger charge is 2.24. The maximum Gasteiger partial charge on any atom is 0.254 e. The normalized spacial score (nSPS) is 15.6. The summed E-state index contributed by atoms with van der Waals surface area (Å²) in [5.41, 5.74) is 2.77. The summed E-state index contributed by atoms with van der Waals surface area (Å²) in [6, 6.07) is 15.7. The van der Waals surface area contributed by atoms with Crippen LogP contribution in [0.3, 0.4) is 0 Å². The van der Waals surface area contributed by atoms with Crippen molar-refractivity contribution in [2.75, 3.05) is 20.3 Å². The van der Waals surface area contributed by atoms with Crippen molar-refractivity contribution in [3.8, 4) is 5.75 Å². The first-order valence-electron chi connectivity index (χ1n) is 10.8. The number of carbonyl (C=O) groups is 1. The smallest absolute Gasteiger partial charge is 0.254 e. The van der Waals surface area contributed by atoms with E-state index in [0.29, 0.717) is 18.7 Å². The van der Waals surface area contributed by atoms with Gasteiger partial charge in [-0.1, -0.05) is 18.2 Å². The Balaban J connectivity index is 1.46. The molecule has 0 aliphatic carbocycles. The van der Waals surface area contributed by atoms with Gasteiger partial charge in [-0.15, -0.1) is 23.1 Å². The molecule has 0 saturated carbocycles. The molecule has 1 aliphatic rings. The first kappa shape index (κ1) is 22.8. The average Bonchev–Trinajstić information content (AvgIpc) is 3.49. The van der Waals surface area contributed by atoms with Crippen LogP contribution in [0.1, 0.15) is 39.5 Å². The van der Waals surface area contributed by atoms with Crippen LogP contribution in [0.4, 0.5) is 0 Å². The third kappa shape index (κ3) is 5.91. The summed E-state index contributed by atoms with van der Waals surface area (Å²) in [4.78, 5) is 21.0. The number of carbonyl (C=O) groups excluding carboxylic acids is 1. The van der Waals surface area contributed by atoms with E-state index in [1.807, 2.05) is 60.4 Å². The molecule has 7 heteroatoms. The van der Waals surface area contributed by atoms with Gasteiger partial charge in [0.05, 0.1) is 23.9 Å². The van der Waals surface area contributed by atoms with Gasteiger partial charge in [0.2, 0.25) is 0 Å². The minimum absolute atomic E-state index is 0.0121. The number of hydrogen-bond donors (Lipinski definition) is 0. The van der Waals surface area contributed by atoms with Crippen LogP contribution in [-0.4, -0.2) is 42.2 Å². The monoisotopic (exact) mass is 468 g/mol. The van der Waals surface area contributed by atoms with Gasteiger partial charge in [-0.2, -0.15) is 0 Å². The van der Waals surface area contributed by atoms with Crippen LogP contribution < -0.4 is 4.74 Å². The Bertz CT molecular complexity index is 1030. The number of hydrogen-bond acceptors (Lipinski definition) is 6. The highest BCUT2D eigenvalue weighted by molar-refractivity contribution is 7.98.